The molecule has 5 heterocycles. The van der Waals surface area contributed by atoms with Crippen LogP contribution in [-0.2, 0) is 10.9 Å². The number of anilines is 1. The van der Waals surface area contributed by atoms with Crippen molar-refractivity contribution in [1.29, 1.82) is 5.26 Å². The summed E-state index contributed by atoms with van der Waals surface area (Å²) in [5, 5.41) is 17.7. The van der Waals surface area contributed by atoms with Gasteiger partial charge in [-0.1, -0.05) is 0 Å². The molecule has 0 saturated carbocycles. The number of hydrogen-bond donors (Lipinski definition) is 2. The van der Waals surface area contributed by atoms with Gasteiger partial charge in [0.25, 0.3) is 0 Å². The van der Waals surface area contributed by atoms with Gasteiger partial charge in [0.2, 0.25) is 0 Å². The van der Waals surface area contributed by atoms with Crippen LogP contribution in [0.4, 0.5) is 19.0 Å². The fourth-order valence-corrected chi connectivity index (χ4v) is 5.77. The number of halogens is 3. The highest BCUT2D eigenvalue weighted by Crippen LogP contribution is 2.41. The quantitative estimate of drug-likeness (QED) is 0.335. The van der Waals surface area contributed by atoms with Crippen LogP contribution in [0.15, 0.2) is 30.5 Å². The number of nitrogens with zero attached hydrogens (tertiary/aromatic N) is 6. The Labute approximate surface area is 236 Å². The molecule has 40 heavy (non-hydrogen) atoms. The second-order valence-corrected chi connectivity index (χ2v) is 10.3. The summed E-state index contributed by atoms with van der Waals surface area (Å²) in [5.74, 6) is 0.799. The number of H-pyrrole nitrogens is 1. The Morgan fingerprint density at radius 2 is 2.00 bits per heavy atom. The van der Waals surface area contributed by atoms with E-state index in [2.05, 4.69) is 21.5 Å². The standard InChI is InChI=1S/C28H29F3N8O.3H2/c1-16-15-40-12-11-38(16)23-13-22(35-27(36-23)21-4-3-18(14-32)25-20(21)7-10-34-25)24-17(2)39(19-5-8-33-9-6-19)37-26(24)28(29,30)31;;;/h3-4,7,10,13,16,19,33-34H,5-6,8-9,11-12,15H2,1-2H3;3*1H/t16-;;;/m1.../s1/i;2*1+1D;1+1. The highest BCUT2D eigenvalue weighted by atomic mass is 19.4. The molecule has 0 amide bonds. The number of hydrogen-bond acceptors (Lipinski definition) is 7. The van der Waals surface area contributed by atoms with Gasteiger partial charge in [-0.2, -0.15) is 23.5 Å². The lowest BCUT2D eigenvalue weighted by Gasteiger charge is -2.34. The molecule has 1 atom stereocenters. The zero-order chi connectivity index (χ0) is 32.0. The average Bonchev–Trinajstić information content (AvgIpc) is 3.68. The lowest BCUT2D eigenvalue weighted by Crippen LogP contribution is -2.44. The maximum Gasteiger partial charge on any atom is 0.435 e. The Bertz CT molecular complexity index is 1620. The van der Waals surface area contributed by atoms with Gasteiger partial charge in [-0.15, -0.1) is 0 Å². The van der Waals surface area contributed by atoms with Crippen LogP contribution < -0.4 is 10.2 Å². The molecule has 1 aromatic carbocycles. The van der Waals surface area contributed by atoms with E-state index in [9.17, 15) is 18.4 Å². The molecule has 2 N–H and O–H groups in total. The van der Waals surface area contributed by atoms with E-state index in [0.29, 0.717) is 60.8 Å². The first kappa shape index (κ1) is 23.9. The number of piperidine rings is 1. The predicted molar refractivity (Wildman–Crippen MR) is 150 cm³/mol. The van der Waals surface area contributed by atoms with Crippen LogP contribution in [0.5, 0.6) is 0 Å². The van der Waals surface area contributed by atoms with E-state index in [-0.39, 0.29) is 30.6 Å². The zero-order valence-electron chi connectivity index (χ0n) is 26.2. The zero-order valence-corrected chi connectivity index (χ0v) is 22.2. The van der Waals surface area contributed by atoms with Crippen molar-refractivity contribution >= 4 is 16.7 Å². The molecule has 214 valence electrons. The molecule has 0 bridgehead atoms. The van der Waals surface area contributed by atoms with Crippen molar-refractivity contribution in [1.82, 2.24) is 30.0 Å². The summed E-state index contributed by atoms with van der Waals surface area (Å²) < 4.78 is 70.6. The second-order valence-electron chi connectivity index (χ2n) is 10.3. The first-order valence-corrected chi connectivity index (χ1v) is 13.4. The summed E-state index contributed by atoms with van der Waals surface area (Å²) in [7, 11) is 0. The third-order valence-corrected chi connectivity index (χ3v) is 7.79. The topological polar surface area (TPSA) is 108 Å². The second kappa shape index (κ2) is 10.2. The molecule has 9 nitrogen and oxygen atoms in total. The molecule has 12 heteroatoms. The number of aromatic nitrogens is 5. The lowest BCUT2D eigenvalue weighted by molar-refractivity contribution is -0.141. The maximum atomic E-state index is 14.5. The van der Waals surface area contributed by atoms with Gasteiger partial charge < -0.3 is 19.9 Å². The SMILES string of the molecule is Cc1c(-c2cc(N3CCOC[C@H]3C)nc(-c3ccc(C#N)c4[nH]ccc34)n2)c(C(F)(F)F)nn1C1CCNCC1.[2HH].[2H][2H].[2H][2H]. The molecule has 0 spiro atoms. The van der Waals surface area contributed by atoms with E-state index in [4.69, 9.17) is 20.6 Å². The first-order chi connectivity index (χ1) is 21.3. The van der Waals surface area contributed by atoms with Gasteiger partial charge in [-0.25, -0.2) is 9.97 Å². The monoisotopic (exact) mass is 561 g/mol. The molecular weight excluding hydrogens is 521 g/mol. The van der Waals surface area contributed by atoms with E-state index in [0.717, 1.165) is 18.5 Å². The Balaban J connectivity index is 0.00000106. The van der Waals surface area contributed by atoms with Crippen LogP contribution in [0.2, 0.25) is 0 Å². The Morgan fingerprint density at radius 1 is 1.20 bits per heavy atom. The van der Waals surface area contributed by atoms with Crippen LogP contribution in [-0.4, -0.2) is 63.6 Å². The normalized spacial score (nSPS) is 19.2. The number of rotatable bonds is 4. The molecular formula is C28H35F3N8O. The summed E-state index contributed by atoms with van der Waals surface area (Å²) in [6, 6.07) is 8.88. The molecule has 0 aliphatic carbocycles. The number of nitrogens with one attached hydrogen (secondary N) is 2. The maximum absolute atomic E-state index is 14.5. The number of ether oxygens (including phenoxy) is 1. The van der Waals surface area contributed by atoms with Gasteiger partial charge in [0.1, 0.15) is 11.9 Å². The molecule has 2 aliphatic heterocycles. The van der Waals surface area contributed by atoms with Crippen LogP contribution in [0.25, 0.3) is 33.5 Å². The van der Waals surface area contributed by atoms with Gasteiger partial charge in [0, 0.05) is 42.8 Å². The molecule has 2 fully saturated rings. The number of alkyl halides is 3. The Hall–Kier alpha value is -3.95. The van der Waals surface area contributed by atoms with Crippen molar-refractivity contribution in [2.75, 3.05) is 37.7 Å². The molecule has 3 aromatic heterocycles. The molecule has 6 rings (SSSR count). The van der Waals surface area contributed by atoms with Crippen LogP contribution >= 0.6 is 0 Å². The largest absolute Gasteiger partial charge is 0.435 e. The fourth-order valence-electron chi connectivity index (χ4n) is 5.77. The van der Waals surface area contributed by atoms with Gasteiger partial charge in [-0.3, -0.25) is 4.68 Å². The molecule has 2 saturated heterocycles. The summed E-state index contributed by atoms with van der Waals surface area (Å²) in [4.78, 5) is 14.7. The number of benzene rings is 1. The third-order valence-electron chi connectivity index (χ3n) is 7.79. The van der Waals surface area contributed by atoms with Crippen molar-refractivity contribution < 1.29 is 25.3 Å². The molecule has 0 unspecified atom stereocenters. The van der Waals surface area contributed by atoms with E-state index in [1.165, 1.54) is 4.68 Å². The lowest BCUT2D eigenvalue weighted by atomic mass is 10.0. The van der Waals surface area contributed by atoms with E-state index in [1.54, 1.807) is 31.3 Å². The van der Waals surface area contributed by atoms with Gasteiger partial charge >= 0.3 is 6.18 Å². The first-order valence-electron chi connectivity index (χ1n) is 15.4. The van der Waals surface area contributed by atoms with Crippen LogP contribution in [0.3, 0.4) is 0 Å². The smallest absolute Gasteiger partial charge is 0.377 e. The van der Waals surface area contributed by atoms with Crippen molar-refractivity contribution in [2.24, 2.45) is 0 Å². The van der Waals surface area contributed by atoms with Crippen LogP contribution in [0, 0.1) is 18.3 Å². The number of morpholine rings is 1. The van der Waals surface area contributed by atoms with Gasteiger partial charge in [-0.05, 0) is 58.0 Å². The minimum Gasteiger partial charge on any atom is -0.377 e. The van der Waals surface area contributed by atoms with E-state index < -0.39 is 11.9 Å². The minimum atomic E-state index is -4.67. The summed E-state index contributed by atoms with van der Waals surface area (Å²) in [6.45, 7) is 6.64. The summed E-state index contributed by atoms with van der Waals surface area (Å²) in [5.41, 5.74) is 1.32. The van der Waals surface area contributed by atoms with Crippen molar-refractivity contribution in [3.63, 3.8) is 0 Å². The summed E-state index contributed by atoms with van der Waals surface area (Å²) >= 11 is 0. The van der Waals surface area contributed by atoms with Crippen molar-refractivity contribution in [3.05, 3.63) is 47.4 Å². The Morgan fingerprint density at radius 3 is 2.73 bits per heavy atom. The number of fused-ring (bicyclic) bond motifs is 1. The number of aromatic amines is 1. The third kappa shape index (κ3) is 4.59. The summed E-state index contributed by atoms with van der Waals surface area (Å²) in [6.07, 6.45) is -1.56. The highest BCUT2D eigenvalue weighted by molar-refractivity contribution is 5.97. The molecule has 0 radical (unpaired) electrons. The number of nitriles is 1. The molecule has 4 aromatic rings. The average molecular weight is 562 g/mol. The van der Waals surface area contributed by atoms with Crippen LogP contribution in [0.1, 0.15) is 50.1 Å². The van der Waals surface area contributed by atoms with Crippen molar-refractivity contribution in [2.45, 2.75) is 44.9 Å². The van der Waals surface area contributed by atoms with Gasteiger partial charge in [0.15, 0.2) is 11.5 Å². The highest BCUT2D eigenvalue weighted by Gasteiger charge is 2.41. The predicted octanol–water partition coefficient (Wildman–Crippen LogP) is 5.57. The fraction of sp³-hybridized carbons (Fsp3) is 0.429. The molecule has 2 aliphatic rings. The van der Waals surface area contributed by atoms with E-state index in [1.807, 2.05) is 17.9 Å². The van der Waals surface area contributed by atoms with E-state index >= 15 is 0 Å². The minimum absolute atomic E-state index is 0. The van der Waals surface area contributed by atoms with Crippen molar-refractivity contribution in [3.8, 4) is 28.7 Å². The van der Waals surface area contributed by atoms with Gasteiger partial charge in [0.05, 0.1) is 47.6 Å². The Kier molecular flexibility index (Phi) is 6.11.